The Bertz CT molecular complexity index is 623. The molecule has 1 unspecified atom stereocenters. The van der Waals surface area contributed by atoms with Gasteiger partial charge in [-0.15, -0.1) is 0 Å². The van der Waals surface area contributed by atoms with Crippen LogP contribution in [0, 0.1) is 6.92 Å². The number of carbonyl (C=O) groups excluding carboxylic acids is 1. The molecule has 2 heterocycles. The number of esters is 1. The molecular weight excluding hydrogens is 296 g/mol. The Kier molecular flexibility index (Phi) is 4.70. The molecule has 1 fully saturated rings. The molecule has 1 aliphatic rings. The van der Waals surface area contributed by atoms with Crippen LogP contribution in [-0.4, -0.2) is 44.9 Å². The highest BCUT2D eigenvalue weighted by Crippen LogP contribution is 2.28. The maximum absolute atomic E-state index is 12.7. The van der Waals surface area contributed by atoms with Gasteiger partial charge in [0.05, 0.1) is 7.11 Å². The minimum atomic E-state index is -3.79. The molecule has 0 saturated carbocycles. The van der Waals surface area contributed by atoms with Gasteiger partial charge in [-0.1, -0.05) is 6.42 Å². The smallest absolute Gasteiger partial charge is 0.341 e. The minimum absolute atomic E-state index is 0.123. The molecule has 118 valence electrons. The first-order valence-corrected chi connectivity index (χ1v) is 8.26. The minimum Gasteiger partial charge on any atom is -0.465 e. The van der Waals surface area contributed by atoms with Crippen LogP contribution in [0.15, 0.2) is 15.6 Å². The highest BCUT2D eigenvalue weighted by molar-refractivity contribution is 7.89. The van der Waals surface area contributed by atoms with Crippen LogP contribution >= 0.6 is 0 Å². The van der Waals surface area contributed by atoms with E-state index in [0.717, 1.165) is 19.3 Å². The summed E-state index contributed by atoms with van der Waals surface area (Å²) >= 11 is 0. The molecule has 0 amide bonds. The zero-order valence-corrected chi connectivity index (χ0v) is 13.0. The third-order valence-corrected chi connectivity index (χ3v) is 5.52. The number of piperidine rings is 1. The molecule has 1 aromatic heterocycles. The standard InChI is InChI=1S/C13H20N2O5S/c1-9-11(13(16)19-2)7-12(20-9)21(17,18)15-6-4-3-5-10(15)8-14/h7,10H,3-6,8,14H2,1-2H3. The first-order chi connectivity index (χ1) is 9.91. The summed E-state index contributed by atoms with van der Waals surface area (Å²) in [5.41, 5.74) is 5.79. The molecule has 2 N–H and O–H groups in total. The summed E-state index contributed by atoms with van der Waals surface area (Å²) in [6.45, 7) is 2.21. The summed E-state index contributed by atoms with van der Waals surface area (Å²) in [6.07, 6.45) is 2.48. The Morgan fingerprint density at radius 1 is 1.52 bits per heavy atom. The number of rotatable bonds is 4. The number of hydrogen-bond acceptors (Lipinski definition) is 6. The molecule has 0 aliphatic carbocycles. The van der Waals surface area contributed by atoms with Crippen LogP contribution in [0.1, 0.15) is 35.4 Å². The average molecular weight is 316 g/mol. The van der Waals surface area contributed by atoms with E-state index in [4.69, 9.17) is 10.2 Å². The summed E-state index contributed by atoms with van der Waals surface area (Å²) in [6, 6.07) is 0.995. The van der Waals surface area contributed by atoms with Gasteiger partial charge in [-0.05, 0) is 19.8 Å². The Morgan fingerprint density at radius 3 is 2.86 bits per heavy atom. The zero-order chi connectivity index (χ0) is 15.6. The molecule has 2 rings (SSSR count). The van der Waals surface area contributed by atoms with Crippen molar-refractivity contribution >= 4 is 16.0 Å². The molecule has 8 heteroatoms. The van der Waals surface area contributed by atoms with Crippen molar-refractivity contribution in [1.82, 2.24) is 4.31 Å². The van der Waals surface area contributed by atoms with E-state index in [2.05, 4.69) is 4.74 Å². The predicted octanol–water partition coefficient (Wildman–Crippen LogP) is 0.877. The van der Waals surface area contributed by atoms with Crippen molar-refractivity contribution in [1.29, 1.82) is 0 Å². The second-order valence-corrected chi connectivity index (χ2v) is 6.85. The molecule has 0 spiro atoms. The van der Waals surface area contributed by atoms with Crippen LogP contribution in [-0.2, 0) is 14.8 Å². The van der Waals surface area contributed by atoms with E-state index in [1.165, 1.54) is 24.4 Å². The monoisotopic (exact) mass is 316 g/mol. The molecule has 1 saturated heterocycles. The summed E-state index contributed by atoms with van der Waals surface area (Å²) < 4.78 is 36.6. The molecule has 21 heavy (non-hydrogen) atoms. The van der Waals surface area contributed by atoms with Crippen LogP contribution in [0.4, 0.5) is 0 Å². The van der Waals surface area contributed by atoms with Crippen LogP contribution in [0.2, 0.25) is 0 Å². The number of hydrogen-bond donors (Lipinski definition) is 1. The molecule has 0 aromatic carbocycles. The van der Waals surface area contributed by atoms with E-state index in [1.54, 1.807) is 0 Å². The van der Waals surface area contributed by atoms with Gasteiger partial charge in [0.2, 0.25) is 5.09 Å². The number of sulfonamides is 1. The normalized spacial score (nSPS) is 20.4. The van der Waals surface area contributed by atoms with Crippen LogP contribution in [0.3, 0.4) is 0 Å². The molecule has 1 aliphatic heterocycles. The van der Waals surface area contributed by atoms with Gasteiger partial charge < -0.3 is 14.9 Å². The van der Waals surface area contributed by atoms with Crippen LogP contribution in [0.5, 0.6) is 0 Å². The van der Waals surface area contributed by atoms with E-state index in [0.29, 0.717) is 6.54 Å². The summed E-state index contributed by atoms with van der Waals surface area (Å²) in [4.78, 5) is 11.6. The van der Waals surface area contributed by atoms with Gasteiger partial charge in [-0.25, -0.2) is 13.2 Å². The fourth-order valence-corrected chi connectivity index (χ4v) is 4.22. The van der Waals surface area contributed by atoms with Crippen LogP contribution < -0.4 is 5.73 Å². The van der Waals surface area contributed by atoms with E-state index in [1.807, 2.05) is 0 Å². The van der Waals surface area contributed by atoms with Crippen molar-refractivity contribution < 1.29 is 22.4 Å². The second kappa shape index (κ2) is 6.17. The van der Waals surface area contributed by atoms with E-state index >= 15 is 0 Å². The maximum Gasteiger partial charge on any atom is 0.341 e. The number of methoxy groups -OCH3 is 1. The summed E-state index contributed by atoms with van der Waals surface area (Å²) in [5, 5.41) is -0.235. The van der Waals surface area contributed by atoms with E-state index < -0.39 is 16.0 Å². The number of carbonyl (C=O) groups is 1. The quantitative estimate of drug-likeness (QED) is 0.827. The van der Waals surface area contributed by atoms with Gasteiger partial charge in [-0.2, -0.15) is 4.31 Å². The lowest BCUT2D eigenvalue weighted by Crippen LogP contribution is -2.47. The summed E-state index contributed by atoms with van der Waals surface area (Å²) in [7, 11) is -2.55. The van der Waals surface area contributed by atoms with Gasteiger partial charge in [-0.3, -0.25) is 0 Å². The second-order valence-electron chi connectivity index (χ2n) is 5.03. The highest BCUT2D eigenvalue weighted by Gasteiger charge is 2.36. The van der Waals surface area contributed by atoms with Gasteiger partial charge in [0, 0.05) is 25.2 Å². The number of nitrogens with two attached hydrogens (primary N) is 1. The molecule has 1 aromatic rings. The largest absolute Gasteiger partial charge is 0.465 e. The first kappa shape index (κ1) is 16.0. The third-order valence-electron chi connectivity index (χ3n) is 3.71. The lowest BCUT2D eigenvalue weighted by molar-refractivity contribution is 0.0599. The van der Waals surface area contributed by atoms with E-state index in [-0.39, 0.29) is 29.0 Å². The first-order valence-electron chi connectivity index (χ1n) is 6.82. The van der Waals surface area contributed by atoms with E-state index in [9.17, 15) is 13.2 Å². The van der Waals surface area contributed by atoms with Crippen molar-refractivity contribution in [2.45, 2.75) is 37.3 Å². The van der Waals surface area contributed by atoms with Gasteiger partial charge in [0.25, 0.3) is 10.0 Å². The SMILES string of the molecule is COC(=O)c1cc(S(=O)(=O)N2CCCCC2CN)oc1C. The maximum atomic E-state index is 12.7. The Labute approximate surface area is 124 Å². The molecule has 1 atom stereocenters. The van der Waals surface area contributed by atoms with Crippen molar-refractivity contribution in [3.63, 3.8) is 0 Å². The van der Waals surface area contributed by atoms with Crippen molar-refractivity contribution in [2.75, 3.05) is 20.2 Å². The average Bonchev–Trinajstić information content (AvgIpc) is 2.89. The topological polar surface area (TPSA) is 103 Å². The fraction of sp³-hybridized carbons (Fsp3) is 0.615. The fourth-order valence-electron chi connectivity index (χ4n) is 2.54. The molecular formula is C13H20N2O5S. The Balaban J connectivity index is 2.37. The predicted molar refractivity (Wildman–Crippen MR) is 75.4 cm³/mol. The van der Waals surface area contributed by atoms with Gasteiger partial charge >= 0.3 is 5.97 Å². The van der Waals surface area contributed by atoms with Crippen molar-refractivity contribution in [3.05, 3.63) is 17.4 Å². The lowest BCUT2D eigenvalue weighted by atomic mass is 10.1. The highest BCUT2D eigenvalue weighted by atomic mass is 32.2. The Hall–Kier alpha value is -1.38. The zero-order valence-electron chi connectivity index (χ0n) is 12.2. The third kappa shape index (κ3) is 2.97. The number of nitrogens with zero attached hydrogens (tertiary/aromatic N) is 1. The van der Waals surface area contributed by atoms with Gasteiger partial charge in [0.15, 0.2) is 0 Å². The summed E-state index contributed by atoms with van der Waals surface area (Å²) in [5.74, 6) is -0.395. The van der Waals surface area contributed by atoms with Crippen molar-refractivity contribution in [2.24, 2.45) is 5.73 Å². The molecule has 0 bridgehead atoms. The number of ether oxygens (including phenoxy) is 1. The number of furan rings is 1. The van der Waals surface area contributed by atoms with Gasteiger partial charge in [0.1, 0.15) is 11.3 Å². The van der Waals surface area contributed by atoms with Crippen LogP contribution in [0.25, 0.3) is 0 Å². The number of aryl methyl sites for hydroxylation is 1. The lowest BCUT2D eigenvalue weighted by Gasteiger charge is -2.32. The Morgan fingerprint density at radius 2 is 2.24 bits per heavy atom. The van der Waals surface area contributed by atoms with Crippen molar-refractivity contribution in [3.8, 4) is 0 Å². The molecule has 0 radical (unpaired) electrons. The molecule has 7 nitrogen and oxygen atoms in total.